The molecule has 0 aromatic carbocycles. The van der Waals surface area contributed by atoms with Gasteiger partial charge in [-0.05, 0) is 24.9 Å². The molecule has 0 bridgehead atoms. The quantitative estimate of drug-likeness (QED) is 0.708. The van der Waals surface area contributed by atoms with E-state index in [0.717, 1.165) is 25.1 Å². The number of aromatic nitrogens is 2. The predicted octanol–water partition coefficient (Wildman–Crippen LogP) is 1.73. The fourth-order valence-corrected chi connectivity index (χ4v) is 1.69. The van der Waals surface area contributed by atoms with Gasteiger partial charge in [-0.3, -0.25) is 0 Å². The second-order valence-electron chi connectivity index (χ2n) is 3.19. The number of hydrogen-bond donors (Lipinski definition) is 2. The van der Waals surface area contributed by atoms with Gasteiger partial charge in [-0.1, -0.05) is 0 Å². The van der Waals surface area contributed by atoms with Gasteiger partial charge < -0.3 is 10.4 Å². The normalized spacial score (nSPS) is 10.1. The number of anilines is 1. The summed E-state index contributed by atoms with van der Waals surface area (Å²) in [6.07, 6.45) is 7.03. The molecule has 0 aliphatic carbocycles. The summed E-state index contributed by atoms with van der Waals surface area (Å²) in [5, 5.41) is 11.9. The first-order valence-electron chi connectivity index (χ1n) is 5.03. The maximum absolute atomic E-state index is 10.8. The van der Waals surface area contributed by atoms with Gasteiger partial charge in [-0.15, -0.1) is 0 Å². The van der Waals surface area contributed by atoms with Crippen molar-refractivity contribution in [2.75, 3.05) is 23.9 Å². The van der Waals surface area contributed by atoms with Crippen LogP contribution in [0, 0.1) is 0 Å². The summed E-state index contributed by atoms with van der Waals surface area (Å²) < 4.78 is 0. The highest BCUT2D eigenvalue weighted by Gasteiger charge is 2.11. The highest BCUT2D eigenvalue weighted by Crippen LogP contribution is 2.08. The monoisotopic (exact) mass is 241 g/mol. The number of rotatable bonds is 7. The molecular weight excluding hydrogens is 226 g/mol. The van der Waals surface area contributed by atoms with E-state index >= 15 is 0 Å². The van der Waals surface area contributed by atoms with Gasteiger partial charge in [0.1, 0.15) is 0 Å². The third-order valence-corrected chi connectivity index (χ3v) is 2.67. The molecule has 6 heteroatoms. The van der Waals surface area contributed by atoms with Crippen molar-refractivity contribution in [2.24, 2.45) is 0 Å². The number of aromatic carboxylic acids is 1. The minimum absolute atomic E-state index is 0.0210. The molecule has 1 rings (SSSR count). The van der Waals surface area contributed by atoms with Crippen LogP contribution in [0.2, 0.25) is 0 Å². The summed E-state index contributed by atoms with van der Waals surface area (Å²) >= 11 is 1.81. The number of nitrogens with one attached hydrogen (secondary N) is 1. The van der Waals surface area contributed by atoms with E-state index in [1.807, 2.05) is 0 Å². The SMILES string of the molecule is CSCCCCNc1nccnc1C(=O)O. The third-order valence-electron chi connectivity index (χ3n) is 1.97. The smallest absolute Gasteiger partial charge is 0.358 e. The van der Waals surface area contributed by atoms with Gasteiger partial charge in [-0.2, -0.15) is 11.8 Å². The van der Waals surface area contributed by atoms with Crippen LogP contribution in [0.25, 0.3) is 0 Å². The molecule has 1 aromatic heterocycles. The Morgan fingerprint density at radius 2 is 2.19 bits per heavy atom. The van der Waals surface area contributed by atoms with Gasteiger partial charge in [0.05, 0.1) is 0 Å². The molecule has 2 N–H and O–H groups in total. The second-order valence-corrected chi connectivity index (χ2v) is 4.17. The molecule has 0 aliphatic rings. The average molecular weight is 241 g/mol. The lowest BCUT2D eigenvalue weighted by Crippen LogP contribution is -2.11. The Balaban J connectivity index is 2.44. The standard InChI is InChI=1S/C10H15N3O2S/c1-16-7-3-2-4-12-9-8(10(14)15)11-5-6-13-9/h5-6H,2-4,7H2,1H3,(H,12,13)(H,14,15). The predicted molar refractivity (Wildman–Crippen MR) is 65.1 cm³/mol. The fraction of sp³-hybridized carbons (Fsp3) is 0.500. The zero-order chi connectivity index (χ0) is 11.8. The number of unbranched alkanes of at least 4 members (excludes halogenated alkanes) is 1. The molecule has 0 saturated carbocycles. The van der Waals surface area contributed by atoms with Crippen molar-refractivity contribution in [3.63, 3.8) is 0 Å². The van der Waals surface area contributed by atoms with Gasteiger partial charge >= 0.3 is 5.97 Å². The maximum atomic E-state index is 10.8. The van der Waals surface area contributed by atoms with Crippen LogP contribution in [0.15, 0.2) is 12.4 Å². The van der Waals surface area contributed by atoms with Gasteiger partial charge in [0.15, 0.2) is 11.5 Å². The first kappa shape index (κ1) is 12.8. The zero-order valence-electron chi connectivity index (χ0n) is 9.14. The van der Waals surface area contributed by atoms with E-state index in [-0.39, 0.29) is 5.69 Å². The van der Waals surface area contributed by atoms with E-state index in [1.165, 1.54) is 12.4 Å². The molecule has 0 amide bonds. The lowest BCUT2D eigenvalue weighted by atomic mass is 10.3. The van der Waals surface area contributed by atoms with Crippen molar-refractivity contribution in [3.8, 4) is 0 Å². The molecule has 0 fully saturated rings. The highest BCUT2D eigenvalue weighted by molar-refractivity contribution is 7.98. The van der Waals surface area contributed by atoms with Crippen LogP contribution in [0.4, 0.5) is 5.82 Å². The van der Waals surface area contributed by atoms with E-state index in [1.54, 1.807) is 11.8 Å². The second kappa shape index (κ2) is 7.05. The van der Waals surface area contributed by atoms with Crippen molar-refractivity contribution in [3.05, 3.63) is 18.1 Å². The average Bonchev–Trinajstić information content (AvgIpc) is 2.29. The van der Waals surface area contributed by atoms with Crippen LogP contribution in [0.5, 0.6) is 0 Å². The molecule has 0 atom stereocenters. The van der Waals surface area contributed by atoms with Crippen LogP contribution in [-0.4, -0.2) is 39.6 Å². The van der Waals surface area contributed by atoms with Crippen LogP contribution in [0.1, 0.15) is 23.3 Å². The lowest BCUT2D eigenvalue weighted by Gasteiger charge is -2.06. The molecule has 0 saturated heterocycles. The van der Waals surface area contributed by atoms with Crippen molar-refractivity contribution in [2.45, 2.75) is 12.8 Å². The van der Waals surface area contributed by atoms with Gasteiger partial charge in [0, 0.05) is 18.9 Å². The number of hydrogen-bond acceptors (Lipinski definition) is 5. The molecule has 0 radical (unpaired) electrons. The maximum Gasteiger partial charge on any atom is 0.358 e. The van der Waals surface area contributed by atoms with Gasteiger partial charge in [0.25, 0.3) is 0 Å². The number of carbonyl (C=O) groups is 1. The van der Waals surface area contributed by atoms with E-state index in [9.17, 15) is 4.79 Å². The van der Waals surface area contributed by atoms with E-state index < -0.39 is 5.97 Å². The van der Waals surface area contributed by atoms with Gasteiger partial charge in [-0.25, -0.2) is 14.8 Å². The minimum Gasteiger partial charge on any atom is -0.476 e. The van der Waals surface area contributed by atoms with Crippen molar-refractivity contribution in [1.82, 2.24) is 9.97 Å². The Labute approximate surface area is 98.7 Å². The summed E-state index contributed by atoms with van der Waals surface area (Å²) in [5.41, 5.74) is -0.0210. The molecule has 16 heavy (non-hydrogen) atoms. The van der Waals surface area contributed by atoms with Crippen molar-refractivity contribution >= 4 is 23.5 Å². The molecule has 88 valence electrons. The summed E-state index contributed by atoms with van der Waals surface area (Å²) in [6, 6.07) is 0. The fourth-order valence-electron chi connectivity index (χ4n) is 1.20. The molecule has 1 heterocycles. The number of thioether (sulfide) groups is 1. The van der Waals surface area contributed by atoms with E-state index in [4.69, 9.17) is 5.11 Å². The summed E-state index contributed by atoms with van der Waals surface area (Å²) in [4.78, 5) is 18.5. The largest absolute Gasteiger partial charge is 0.476 e. The highest BCUT2D eigenvalue weighted by atomic mass is 32.2. The summed E-state index contributed by atoms with van der Waals surface area (Å²) in [5.74, 6) is 0.410. The topological polar surface area (TPSA) is 75.1 Å². The van der Waals surface area contributed by atoms with Crippen molar-refractivity contribution in [1.29, 1.82) is 0 Å². The molecule has 0 spiro atoms. The molecule has 5 nitrogen and oxygen atoms in total. The first-order valence-corrected chi connectivity index (χ1v) is 6.42. The molecule has 1 aromatic rings. The van der Waals surface area contributed by atoms with Crippen LogP contribution >= 0.6 is 11.8 Å². The van der Waals surface area contributed by atoms with E-state index in [2.05, 4.69) is 21.5 Å². The van der Waals surface area contributed by atoms with Crippen LogP contribution < -0.4 is 5.32 Å². The zero-order valence-corrected chi connectivity index (χ0v) is 9.96. The molecule has 0 aliphatic heterocycles. The van der Waals surface area contributed by atoms with Crippen LogP contribution in [-0.2, 0) is 0 Å². The number of nitrogens with zero attached hydrogens (tertiary/aromatic N) is 2. The third kappa shape index (κ3) is 4.06. The Morgan fingerprint density at radius 1 is 1.44 bits per heavy atom. The Morgan fingerprint density at radius 3 is 2.88 bits per heavy atom. The molecule has 0 unspecified atom stereocenters. The summed E-state index contributed by atoms with van der Waals surface area (Å²) in [7, 11) is 0. The number of carboxylic acid groups (broad SMARTS) is 1. The Kier molecular flexibility index (Phi) is 5.63. The minimum atomic E-state index is -1.06. The van der Waals surface area contributed by atoms with Crippen molar-refractivity contribution < 1.29 is 9.90 Å². The summed E-state index contributed by atoms with van der Waals surface area (Å²) in [6.45, 7) is 0.722. The number of carboxylic acids is 1. The molecular formula is C10H15N3O2S. The van der Waals surface area contributed by atoms with Gasteiger partial charge in [0.2, 0.25) is 0 Å². The Bertz CT molecular complexity index is 347. The van der Waals surface area contributed by atoms with Crippen LogP contribution in [0.3, 0.4) is 0 Å². The lowest BCUT2D eigenvalue weighted by molar-refractivity contribution is 0.0691. The van der Waals surface area contributed by atoms with E-state index in [0.29, 0.717) is 5.82 Å². The first-order chi connectivity index (χ1) is 7.75. The Hall–Kier alpha value is -1.30.